The van der Waals surface area contributed by atoms with Gasteiger partial charge in [-0.25, -0.2) is 14.2 Å². The van der Waals surface area contributed by atoms with Crippen molar-refractivity contribution in [3.63, 3.8) is 0 Å². The van der Waals surface area contributed by atoms with Crippen LogP contribution >= 0.6 is 11.3 Å². The molecule has 0 unspecified atom stereocenters. The molecule has 0 fully saturated rings. The standard InChI is InChI=1S/C25H22FN3O5S/c1-15-21(16(2)34-28-15)13-32-20-10-8-18(9-11-20)24(31)33-12-19-14-35-25(27-19)29(17(3)30)23-7-5-4-6-22(23)26/h4-11,14H,12-13H2,1-3H3. The lowest BCUT2D eigenvalue weighted by atomic mass is 10.2. The van der Waals surface area contributed by atoms with Crippen molar-refractivity contribution in [2.24, 2.45) is 0 Å². The van der Waals surface area contributed by atoms with Crippen molar-refractivity contribution >= 4 is 34.0 Å². The number of carbonyl (C=O) groups is 2. The number of hydrogen-bond acceptors (Lipinski definition) is 8. The molecule has 0 atom stereocenters. The lowest BCUT2D eigenvalue weighted by Crippen LogP contribution is -2.23. The molecule has 0 saturated carbocycles. The molecule has 35 heavy (non-hydrogen) atoms. The number of anilines is 2. The number of rotatable bonds is 8. The van der Waals surface area contributed by atoms with E-state index in [1.807, 2.05) is 13.8 Å². The summed E-state index contributed by atoms with van der Waals surface area (Å²) in [5, 5.41) is 5.84. The first-order valence-electron chi connectivity index (χ1n) is 10.6. The molecule has 0 saturated heterocycles. The first-order chi connectivity index (χ1) is 16.8. The van der Waals surface area contributed by atoms with E-state index in [4.69, 9.17) is 14.0 Å². The van der Waals surface area contributed by atoms with Crippen LogP contribution in [0.25, 0.3) is 0 Å². The maximum Gasteiger partial charge on any atom is 0.338 e. The summed E-state index contributed by atoms with van der Waals surface area (Å²) < 4.78 is 30.4. The molecule has 2 aromatic carbocycles. The van der Waals surface area contributed by atoms with E-state index >= 15 is 0 Å². The number of carbonyl (C=O) groups excluding carboxylic acids is 2. The van der Waals surface area contributed by atoms with Crippen LogP contribution in [-0.4, -0.2) is 22.0 Å². The molecular formula is C25H22FN3O5S. The van der Waals surface area contributed by atoms with Gasteiger partial charge in [-0.3, -0.25) is 9.69 Å². The number of nitrogens with zero attached hydrogens (tertiary/aromatic N) is 3. The van der Waals surface area contributed by atoms with E-state index < -0.39 is 11.8 Å². The van der Waals surface area contributed by atoms with Gasteiger partial charge < -0.3 is 14.0 Å². The third-order valence-corrected chi connectivity index (χ3v) is 6.02. The second-order valence-electron chi connectivity index (χ2n) is 7.62. The summed E-state index contributed by atoms with van der Waals surface area (Å²) >= 11 is 1.15. The maximum absolute atomic E-state index is 14.2. The number of para-hydroxylation sites is 1. The largest absolute Gasteiger partial charge is 0.489 e. The van der Waals surface area contributed by atoms with Gasteiger partial charge in [0.2, 0.25) is 5.91 Å². The van der Waals surface area contributed by atoms with Crippen molar-refractivity contribution in [3.05, 3.63) is 88.0 Å². The van der Waals surface area contributed by atoms with Crippen LogP contribution in [0.1, 0.15) is 40.0 Å². The lowest BCUT2D eigenvalue weighted by molar-refractivity contribution is -0.115. The Hall–Kier alpha value is -4.05. The Kier molecular flexibility index (Phi) is 7.21. The summed E-state index contributed by atoms with van der Waals surface area (Å²) in [5.74, 6) is -0.166. The third kappa shape index (κ3) is 5.55. The van der Waals surface area contributed by atoms with E-state index in [2.05, 4.69) is 10.1 Å². The molecule has 10 heteroatoms. The summed E-state index contributed by atoms with van der Waals surface area (Å²) in [5.41, 5.74) is 2.56. The summed E-state index contributed by atoms with van der Waals surface area (Å²) in [6, 6.07) is 12.5. The number of aromatic nitrogens is 2. The number of thiazole rings is 1. The number of benzene rings is 2. The Bertz CT molecular complexity index is 1330. The summed E-state index contributed by atoms with van der Waals surface area (Å²) in [4.78, 5) is 30.1. The highest BCUT2D eigenvalue weighted by Gasteiger charge is 2.21. The summed E-state index contributed by atoms with van der Waals surface area (Å²) in [6.07, 6.45) is 0. The first kappa shape index (κ1) is 24.1. The maximum atomic E-state index is 14.2. The Morgan fingerprint density at radius 2 is 1.83 bits per heavy atom. The van der Waals surface area contributed by atoms with Crippen LogP contribution < -0.4 is 9.64 Å². The summed E-state index contributed by atoms with van der Waals surface area (Å²) in [6.45, 7) is 5.21. The zero-order chi connectivity index (χ0) is 24.9. The predicted molar refractivity (Wildman–Crippen MR) is 127 cm³/mol. The highest BCUT2D eigenvalue weighted by atomic mass is 32.1. The highest BCUT2D eigenvalue weighted by molar-refractivity contribution is 7.14. The number of amides is 1. The Morgan fingerprint density at radius 1 is 1.09 bits per heavy atom. The fraction of sp³-hybridized carbons (Fsp3) is 0.200. The predicted octanol–water partition coefficient (Wildman–Crippen LogP) is 5.51. The highest BCUT2D eigenvalue weighted by Crippen LogP contribution is 2.31. The molecule has 0 aliphatic heterocycles. The van der Waals surface area contributed by atoms with Crippen LogP contribution in [0, 0.1) is 19.7 Å². The normalized spacial score (nSPS) is 10.7. The van der Waals surface area contributed by atoms with Gasteiger partial charge in [-0.2, -0.15) is 0 Å². The molecule has 2 heterocycles. The van der Waals surface area contributed by atoms with Crippen molar-refractivity contribution < 1.29 is 28.0 Å². The molecule has 0 radical (unpaired) electrons. The van der Waals surface area contributed by atoms with Gasteiger partial charge >= 0.3 is 5.97 Å². The average molecular weight is 496 g/mol. The molecule has 0 spiro atoms. The molecule has 4 rings (SSSR count). The molecule has 0 aliphatic carbocycles. The van der Waals surface area contributed by atoms with Crippen LogP contribution in [0.5, 0.6) is 5.75 Å². The van der Waals surface area contributed by atoms with E-state index in [0.717, 1.165) is 22.6 Å². The second-order valence-corrected chi connectivity index (χ2v) is 8.46. The van der Waals surface area contributed by atoms with Gasteiger partial charge in [0.05, 0.1) is 28.2 Å². The van der Waals surface area contributed by atoms with Crippen LogP contribution in [-0.2, 0) is 22.7 Å². The van der Waals surface area contributed by atoms with Crippen molar-refractivity contribution in [2.75, 3.05) is 4.90 Å². The minimum absolute atomic E-state index is 0.0946. The Balaban J connectivity index is 1.36. The van der Waals surface area contributed by atoms with Crippen LogP contribution in [0.15, 0.2) is 58.4 Å². The molecule has 8 nitrogen and oxygen atoms in total. The SMILES string of the molecule is CC(=O)N(c1nc(COC(=O)c2ccc(OCc3c(C)noc3C)cc2)cs1)c1ccccc1F. The average Bonchev–Trinajstić information content (AvgIpc) is 3.44. The molecule has 180 valence electrons. The minimum Gasteiger partial charge on any atom is -0.489 e. The second kappa shape index (κ2) is 10.5. The Labute approximate surface area is 204 Å². The monoisotopic (exact) mass is 495 g/mol. The van der Waals surface area contributed by atoms with E-state index in [1.165, 1.54) is 24.0 Å². The smallest absolute Gasteiger partial charge is 0.338 e. The van der Waals surface area contributed by atoms with Gasteiger partial charge in [0.25, 0.3) is 0 Å². The van der Waals surface area contributed by atoms with Crippen LogP contribution in [0.3, 0.4) is 0 Å². The van der Waals surface area contributed by atoms with E-state index in [-0.39, 0.29) is 23.3 Å². The number of ether oxygens (including phenoxy) is 2. The topological polar surface area (TPSA) is 94.8 Å². The molecule has 0 bridgehead atoms. The number of aryl methyl sites for hydroxylation is 2. The number of hydrogen-bond donors (Lipinski definition) is 0. The molecule has 4 aromatic rings. The zero-order valence-electron chi connectivity index (χ0n) is 19.3. The van der Waals surface area contributed by atoms with Crippen molar-refractivity contribution in [3.8, 4) is 5.75 Å². The first-order valence-corrected chi connectivity index (χ1v) is 11.5. The summed E-state index contributed by atoms with van der Waals surface area (Å²) in [7, 11) is 0. The molecule has 2 aromatic heterocycles. The van der Waals surface area contributed by atoms with Gasteiger partial charge in [0, 0.05) is 12.3 Å². The van der Waals surface area contributed by atoms with Crippen molar-refractivity contribution in [1.82, 2.24) is 10.1 Å². The van der Waals surface area contributed by atoms with Gasteiger partial charge in [-0.1, -0.05) is 17.3 Å². The van der Waals surface area contributed by atoms with Gasteiger partial charge in [0.1, 0.15) is 30.5 Å². The molecule has 0 N–H and O–H groups in total. The number of esters is 1. The van der Waals surface area contributed by atoms with E-state index in [9.17, 15) is 14.0 Å². The minimum atomic E-state index is -0.537. The Morgan fingerprint density at radius 3 is 2.49 bits per heavy atom. The van der Waals surface area contributed by atoms with E-state index in [1.54, 1.807) is 41.8 Å². The quantitative estimate of drug-likeness (QED) is 0.298. The third-order valence-electron chi connectivity index (χ3n) is 5.14. The van der Waals surface area contributed by atoms with Gasteiger partial charge in [-0.15, -0.1) is 11.3 Å². The van der Waals surface area contributed by atoms with Gasteiger partial charge in [-0.05, 0) is 50.2 Å². The van der Waals surface area contributed by atoms with Gasteiger partial charge in [0.15, 0.2) is 5.13 Å². The fourth-order valence-electron chi connectivity index (χ4n) is 3.28. The zero-order valence-corrected chi connectivity index (χ0v) is 20.1. The fourth-order valence-corrected chi connectivity index (χ4v) is 4.14. The number of halogens is 1. The van der Waals surface area contributed by atoms with Crippen molar-refractivity contribution in [2.45, 2.75) is 34.0 Å². The van der Waals surface area contributed by atoms with Crippen LogP contribution in [0.2, 0.25) is 0 Å². The lowest BCUT2D eigenvalue weighted by Gasteiger charge is -2.18. The molecule has 0 aliphatic rings. The molecule has 1 amide bonds. The van der Waals surface area contributed by atoms with Crippen molar-refractivity contribution in [1.29, 1.82) is 0 Å². The van der Waals surface area contributed by atoms with Crippen LogP contribution in [0.4, 0.5) is 15.2 Å². The molecular weight excluding hydrogens is 473 g/mol. The van der Waals surface area contributed by atoms with E-state index in [0.29, 0.717) is 29.4 Å².